The van der Waals surface area contributed by atoms with Crippen molar-refractivity contribution in [3.8, 4) is 5.75 Å². The van der Waals surface area contributed by atoms with Crippen LogP contribution in [0.4, 0.5) is 14.5 Å². The highest BCUT2D eigenvalue weighted by molar-refractivity contribution is 7.81. The standard InChI is InChI=1S/C13H12F2N2O3S/c1-20-11-7(3-2-6(14)10(11)15)17-13(21)9-8(18)4-5-16-12(9)19/h2-3,18H,4-5H2,1H3,(H,16,19)(H,17,21). The van der Waals surface area contributed by atoms with Gasteiger partial charge in [0, 0.05) is 13.0 Å². The molecule has 0 atom stereocenters. The van der Waals surface area contributed by atoms with Crippen molar-refractivity contribution in [2.24, 2.45) is 0 Å². The Morgan fingerprint density at radius 1 is 1.48 bits per heavy atom. The van der Waals surface area contributed by atoms with Crippen LogP contribution in [0.15, 0.2) is 23.5 Å². The molecule has 1 heterocycles. The van der Waals surface area contributed by atoms with Crippen LogP contribution in [0.25, 0.3) is 0 Å². The molecule has 0 bridgehead atoms. The topological polar surface area (TPSA) is 70.6 Å². The van der Waals surface area contributed by atoms with Crippen molar-refractivity contribution >= 4 is 28.8 Å². The number of nitrogens with one attached hydrogen (secondary N) is 2. The van der Waals surface area contributed by atoms with Crippen LogP contribution < -0.4 is 15.4 Å². The second-order valence-electron chi connectivity index (χ2n) is 4.22. The van der Waals surface area contributed by atoms with Gasteiger partial charge < -0.3 is 20.5 Å². The summed E-state index contributed by atoms with van der Waals surface area (Å²) in [5.74, 6) is -3.29. The minimum Gasteiger partial charge on any atom is -0.511 e. The van der Waals surface area contributed by atoms with Gasteiger partial charge in [-0.3, -0.25) is 4.79 Å². The van der Waals surface area contributed by atoms with Gasteiger partial charge in [0.25, 0.3) is 5.91 Å². The maximum atomic E-state index is 13.6. The molecule has 5 nitrogen and oxygen atoms in total. The van der Waals surface area contributed by atoms with Crippen LogP contribution in [0, 0.1) is 11.6 Å². The molecule has 1 aliphatic rings. The van der Waals surface area contributed by atoms with Crippen molar-refractivity contribution in [1.29, 1.82) is 0 Å². The SMILES string of the molecule is COc1c(NC(=S)C2=C(O)CCNC2=O)ccc(F)c1F. The minimum atomic E-state index is -1.17. The molecule has 0 fully saturated rings. The number of anilines is 1. The van der Waals surface area contributed by atoms with Crippen LogP contribution in [0.1, 0.15) is 6.42 Å². The highest BCUT2D eigenvalue weighted by Gasteiger charge is 2.25. The van der Waals surface area contributed by atoms with Gasteiger partial charge in [0.2, 0.25) is 5.82 Å². The lowest BCUT2D eigenvalue weighted by Gasteiger charge is -2.19. The average molecular weight is 314 g/mol. The summed E-state index contributed by atoms with van der Waals surface area (Å²) >= 11 is 5.03. The van der Waals surface area contributed by atoms with Gasteiger partial charge >= 0.3 is 0 Å². The van der Waals surface area contributed by atoms with Crippen LogP contribution in [-0.4, -0.2) is 29.7 Å². The van der Waals surface area contributed by atoms with E-state index in [1.165, 1.54) is 13.2 Å². The molecule has 112 valence electrons. The lowest BCUT2D eigenvalue weighted by molar-refractivity contribution is -0.117. The van der Waals surface area contributed by atoms with E-state index in [4.69, 9.17) is 17.0 Å². The van der Waals surface area contributed by atoms with Gasteiger partial charge in [-0.15, -0.1) is 0 Å². The molecule has 1 aromatic rings. The number of halogens is 2. The van der Waals surface area contributed by atoms with Crippen molar-refractivity contribution < 1.29 is 23.4 Å². The third-order valence-corrected chi connectivity index (χ3v) is 3.20. The first-order valence-electron chi connectivity index (χ1n) is 5.99. The Balaban J connectivity index is 2.32. The predicted octanol–water partition coefficient (Wildman–Crippen LogP) is 2.04. The predicted molar refractivity (Wildman–Crippen MR) is 76.4 cm³/mol. The molecular weight excluding hydrogens is 302 g/mol. The van der Waals surface area contributed by atoms with Gasteiger partial charge in [0.05, 0.1) is 12.8 Å². The van der Waals surface area contributed by atoms with Crippen LogP contribution >= 0.6 is 12.2 Å². The number of methoxy groups -OCH3 is 1. The van der Waals surface area contributed by atoms with Gasteiger partial charge in [-0.1, -0.05) is 12.2 Å². The Hall–Kier alpha value is -2.22. The van der Waals surface area contributed by atoms with Gasteiger partial charge in [0.15, 0.2) is 11.6 Å². The molecule has 2 rings (SSSR count). The van der Waals surface area contributed by atoms with E-state index in [2.05, 4.69) is 10.6 Å². The van der Waals surface area contributed by atoms with Crippen molar-refractivity contribution in [1.82, 2.24) is 5.32 Å². The smallest absolute Gasteiger partial charge is 0.257 e. The Labute approximate surface area is 124 Å². The average Bonchev–Trinajstić information content (AvgIpc) is 2.43. The zero-order chi connectivity index (χ0) is 15.6. The number of hydrogen-bond acceptors (Lipinski definition) is 4. The zero-order valence-corrected chi connectivity index (χ0v) is 11.8. The summed E-state index contributed by atoms with van der Waals surface area (Å²) in [5.41, 5.74) is -0.0388. The summed E-state index contributed by atoms with van der Waals surface area (Å²) in [4.78, 5) is 11.6. The number of carbonyl (C=O) groups is 1. The van der Waals surface area contributed by atoms with Gasteiger partial charge in [-0.05, 0) is 12.1 Å². The highest BCUT2D eigenvalue weighted by atomic mass is 32.1. The van der Waals surface area contributed by atoms with Gasteiger partial charge in [-0.2, -0.15) is 4.39 Å². The molecule has 0 saturated heterocycles. The Kier molecular flexibility index (Phi) is 4.37. The first kappa shape index (κ1) is 15.2. The van der Waals surface area contributed by atoms with Gasteiger partial charge in [-0.25, -0.2) is 4.39 Å². The molecule has 0 unspecified atom stereocenters. The number of ether oxygens (including phenoxy) is 1. The third-order valence-electron chi connectivity index (χ3n) is 2.89. The summed E-state index contributed by atoms with van der Waals surface area (Å²) in [5, 5.41) is 14.8. The lowest BCUT2D eigenvalue weighted by atomic mass is 10.1. The summed E-state index contributed by atoms with van der Waals surface area (Å²) in [6.45, 7) is 0.311. The molecule has 0 aliphatic carbocycles. The van der Waals surface area contributed by atoms with Crippen molar-refractivity contribution in [3.05, 3.63) is 35.1 Å². The zero-order valence-electron chi connectivity index (χ0n) is 11.0. The number of hydrogen-bond donors (Lipinski definition) is 3. The van der Waals surface area contributed by atoms with Crippen LogP contribution in [0.2, 0.25) is 0 Å². The second kappa shape index (κ2) is 6.04. The molecule has 1 amide bonds. The Morgan fingerprint density at radius 2 is 2.19 bits per heavy atom. The van der Waals surface area contributed by atoms with Crippen LogP contribution in [0.5, 0.6) is 5.75 Å². The van der Waals surface area contributed by atoms with Crippen LogP contribution in [0.3, 0.4) is 0 Å². The fourth-order valence-electron chi connectivity index (χ4n) is 1.89. The molecule has 8 heteroatoms. The van der Waals surface area contributed by atoms with Crippen LogP contribution in [-0.2, 0) is 4.79 Å². The van der Waals surface area contributed by atoms with E-state index in [-0.39, 0.29) is 34.2 Å². The molecule has 1 aliphatic heterocycles. The highest BCUT2D eigenvalue weighted by Crippen LogP contribution is 2.30. The molecule has 21 heavy (non-hydrogen) atoms. The molecule has 0 spiro atoms. The molecule has 3 N–H and O–H groups in total. The number of aliphatic hydroxyl groups excluding tert-OH is 1. The molecule has 0 saturated carbocycles. The first-order valence-corrected chi connectivity index (χ1v) is 6.40. The maximum absolute atomic E-state index is 13.6. The fourth-order valence-corrected chi connectivity index (χ4v) is 2.21. The summed E-state index contributed by atoms with van der Waals surface area (Å²) in [7, 11) is 1.18. The molecule has 1 aromatic carbocycles. The van der Waals surface area contributed by atoms with Gasteiger partial charge in [0.1, 0.15) is 16.3 Å². The third kappa shape index (κ3) is 2.94. The fraction of sp³-hybridized carbons (Fsp3) is 0.231. The van der Waals surface area contributed by atoms with Crippen molar-refractivity contribution in [2.45, 2.75) is 6.42 Å². The normalized spacial score (nSPS) is 14.7. The number of aliphatic hydroxyl groups is 1. The monoisotopic (exact) mass is 314 g/mol. The minimum absolute atomic E-state index is 0.0556. The van der Waals surface area contributed by atoms with Crippen molar-refractivity contribution in [3.63, 3.8) is 0 Å². The second-order valence-corrected chi connectivity index (χ2v) is 4.63. The maximum Gasteiger partial charge on any atom is 0.257 e. The van der Waals surface area contributed by atoms with E-state index in [9.17, 15) is 18.7 Å². The number of amides is 1. The Morgan fingerprint density at radius 3 is 2.81 bits per heavy atom. The summed E-state index contributed by atoms with van der Waals surface area (Å²) in [6, 6.07) is 2.12. The molecular formula is C13H12F2N2O3S. The number of thiocarbonyl (C=S) groups is 1. The quantitative estimate of drug-likeness (QED) is 0.745. The first-order chi connectivity index (χ1) is 9.95. The summed E-state index contributed by atoms with van der Waals surface area (Å²) < 4.78 is 31.5. The summed E-state index contributed by atoms with van der Waals surface area (Å²) in [6.07, 6.45) is 0.248. The van der Waals surface area contributed by atoms with E-state index >= 15 is 0 Å². The van der Waals surface area contributed by atoms with E-state index in [1.807, 2.05) is 0 Å². The number of rotatable bonds is 3. The lowest BCUT2D eigenvalue weighted by Crippen LogP contribution is -2.36. The van der Waals surface area contributed by atoms with E-state index in [0.29, 0.717) is 6.54 Å². The van der Waals surface area contributed by atoms with E-state index < -0.39 is 17.5 Å². The van der Waals surface area contributed by atoms with E-state index in [0.717, 1.165) is 6.07 Å². The van der Waals surface area contributed by atoms with Crippen molar-refractivity contribution in [2.75, 3.05) is 19.0 Å². The number of carbonyl (C=O) groups excluding carboxylic acids is 1. The van der Waals surface area contributed by atoms with E-state index in [1.54, 1.807) is 0 Å². The largest absolute Gasteiger partial charge is 0.511 e. The molecule has 0 aromatic heterocycles. The Bertz CT molecular complexity index is 647. The number of benzene rings is 1. The molecule has 0 radical (unpaired) electrons.